The van der Waals surface area contributed by atoms with Crippen molar-refractivity contribution in [1.29, 1.82) is 0 Å². The van der Waals surface area contributed by atoms with E-state index in [1.165, 1.54) is 12.1 Å². The lowest BCUT2D eigenvalue weighted by Gasteiger charge is -2.13. The molecule has 1 aromatic carbocycles. The molecule has 0 unspecified atom stereocenters. The first-order valence-corrected chi connectivity index (χ1v) is 9.36. The van der Waals surface area contributed by atoms with Crippen molar-refractivity contribution in [3.63, 3.8) is 0 Å². The van der Waals surface area contributed by atoms with E-state index in [0.29, 0.717) is 18.8 Å². The summed E-state index contributed by atoms with van der Waals surface area (Å²) in [6, 6.07) is 6.28. The van der Waals surface area contributed by atoms with Crippen molar-refractivity contribution in [2.45, 2.75) is 53.0 Å². The number of halogens is 1. The van der Waals surface area contributed by atoms with E-state index in [4.69, 9.17) is 10.5 Å². The van der Waals surface area contributed by atoms with E-state index in [1.54, 1.807) is 12.1 Å². The topological polar surface area (TPSA) is 57.2 Å². The van der Waals surface area contributed by atoms with Crippen LogP contribution in [0.4, 0.5) is 4.39 Å². The first kappa shape index (κ1) is 20.2. The lowest BCUT2D eigenvalue weighted by atomic mass is 9.97. The number of nitrogens with two attached hydrogens (primary N) is 1. The first-order chi connectivity index (χ1) is 12.5. The maximum atomic E-state index is 13.4. The number of unbranched alkanes of at least 4 members (excludes halogenated alkanes) is 1. The smallest absolute Gasteiger partial charge is 0.251 e. The number of benzene rings is 1. The Morgan fingerprint density at radius 3 is 2.46 bits per heavy atom. The fraction of sp³-hybridized carbons (Fsp3) is 0.476. The van der Waals surface area contributed by atoms with E-state index in [2.05, 4.69) is 11.5 Å². The minimum absolute atomic E-state index is 0.294. The molecule has 0 aliphatic carbocycles. The molecule has 0 atom stereocenters. The average molecular weight is 360 g/mol. The number of amides is 1. The molecular weight excluding hydrogens is 331 g/mol. The predicted molar refractivity (Wildman–Crippen MR) is 103 cm³/mol. The highest BCUT2D eigenvalue weighted by Crippen LogP contribution is 2.34. The van der Waals surface area contributed by atoms with E-state index in [-0.39, 0.29) is 5.82 Å². The van der Waals surface area contributed by atoms with Gasteiger partial charge in [0.1, 0.15) is 5.82 Å². The molecule has 0 fully saturated rings. The van der Waals surface area contributed by atoms with Crippen molar-refractivity contribution in [3.8, 4) is 11.1 Å². The van der Waals surface area contributed by atoms with Crippen LogP contribution in [0.3, 0.4) is 0 Å². The lowest BCUT2D eigenvalue weighted by Crippen LogP contribution is -2.13. The van der Waals surface area contributed by atoms with Crippen molar-refractivity contribution < 1.29 is 13.9 Å². The Balaban J connectivity index is 2.54. The minimum atomic E-state index is -0.442. The Morgan fingerprint density at radius 2 is 1.88 bits per heavy atom. The van der Waals surface area contributed by atoms with Gasteiger partial charge in [0, 0.05) is 36.7 Å². The number of hydrogen-bond acceptors (Lipinski definition) is 2. The van der Waals surface area contributed by atoms with Gasteiger partial charge >= 0.3 is 0 Å². The van der Waals surface area contributed by atoms with Crippen molar-refractivity contribution in [2.75, 3.05) is 13.2 Å². The quantitative estimate of drug-likeness (QED) is 0.636. The normalized spacial score (nSPS) is 11.1. The molecule has 0 spiro atoms. The standard InChI is InChI=1S/C21H29FN2O2/c1-4-6-8-18-20(16-9-11-17(22)12-10-16)19(21(23)25)15(3)24(18)13-7-14-26-5-2/h9-12H,4-8,13-14H2,1-3H3,(H2,23,25). The zero-order chi connectivity index (χ0) is 19.1. The third kappa shape index (κ3) is 4.52. The second kappa shape index (κ2) is 9.53. The summed E-state index contributed by atoms with van der Waals surface area (Å²) in [5.41, 5.74) is 9.91. The van der Waals surface area contributed by atoms with Crippen LogP contribution in [-0.2, 0) is 17.7 Å². The van der Waals surface area contributed by atoms with Gasteiger partial charge in [0.25, 0.3) is 5.91 Å². The summed E-state index contributed by atoms with van der Waals surface area (Å²) in [5.74, 6) is -0.736. The minimum Gasteiger partial charge on any atom is -0.382 e. The number of primary amides is 1. The van der Waals surface area contributed by atoms with Crippen LogP contribution in [0.15, 0.2) is 24.3 Å². The predicted octanol–water partition coefficient (Wildman–Crippen LogP) is 4.47. The van der Waals surface area contributed by atoms with Gasteiger partial charge in [-0.05, 0) is 50.8 Å². The zero-order valence-electron chi connectivity index (χ0n) is 16.0. The molecule has 26 heavy (non-hydrogen) atoms. The summed E-state index contributed by atoms with van der Waals surface area (Å²) in [6.07, 6.45) is 3.79. The van der Waals surface area contributed by atoms with Crippen LogP contribution in [-0.4, -0.2) is 23.7 Å². The van der Waals surface area contributed by atoms with Crippen molar-refractivity contribution in [1.82, 2.24) is 4.57 Å². The fourth-order valence-corrected chi connectivity index (χ4v) is 3.40. The van der Waals surface area contributed by atoms with Crippen LogP contribution < -0.4 is 5.73 Å². The molecule has 0 saturated heterocycles. The largest absolute Gasteiger partial charge is 0.382 e. The molecule has 0 aliphatic rings. The SMILES string of the molecule is CCCCc1c(-c2ccc(F)cc2)c(C(N)=O)c(C)n1CCCOCC. The average Bonchev–Trinajstić information content (AvgIpc) is 2.89. The Kier molecular flexibility index (Phi) is 7.39. The van der Waals surface area contributed by atoms with Crippen molar-refractivity contribution in [3.05, 3.63) is 47.0 Å². The van der Waals surface area contributed by atoms with Gasteiger partial charge in [0.05, 0.1) is 5.56 Å². The molecule has 5 heteroatoms. The van der Waals surface area contributed by atoms with Gasteiger partial charge in [-0.2, -0.15) is 0 Å². The molecule has 2 N–H and O–H groups in total. The molecule has 0 saturated carbocycles. The number of carbonyl (C=O) groups excluding carboxylic acids is 1. The van der Waals surface area contributed by atoms with Crippen LogP contribution in [0.25, 0.3) is 11.1 Å². The summed E-state index contributed by atoms with van der Waals surface area (Å²) in [6.45, 7) is 8.20. The van der Waals surface area contributed by atoms with E-state index < -0.39 is 5.91 Å². The van der Waals surface area contributed by atoms with E-state index in [0.717, 1.165) is 54.7 Å². The second-order valence-electron chi connectivity index (χ2n) is 6.46. The van der Waals surface area contributed by atoms with Crippen LogP contribution in [0, 0.1) is 12.7 Å². The summed E-state index contributed by atoms with van der Waals surface area (Å²) in [5, 5.41) is 0. The van der Waals surface area contributed by atoms with Crippen LogP contribution in [0.5, 0.6) is 0 Å². The molecule has 0 bridgehead atoms. The van der Waals surface area contributed by atoms with Crippen molar-refractivity contribution >= 4 is 5.91 Å². The van der Waals surface area contributed by atoms with E-state index in [9.17, 15) is 9.18 Å². The molecule has 0 radical (unpaired) electrons. The van der Waals surface area contributed by atoms with E-state index >= 15 is 0 Å². The van der Waals surface area contributed by atoms with Crippen LogP contribution in [0.2, 0.25) is 0 Å². The molecule has 4 nitrogen and oxygen atoms in total. The van der Waals surface area contributed by atoms with Crippen LogP contribution in [0.1, 0.15) is 54.9 Å². The van der Waals surface area contributed by atoms with Gasteiger partial charge in [0.2, 0.25) is 0 Å². The summed E-state index contributed by atoms with van der Waals surface area (Å²) < 4.78 is 21.0. The molecule has 0 aliphatic heterocycles. The summed E-state index contributed by atoms with van der Waals surface area (Å²) in [7, 11) is 0. The number of carbonyl (C=O) groups is 1. The van der Waals surface area contributed by atoms with Gasteiger partial charge in [-0.15, -0.1) is 0 Å². The number of aromatic nitrogens is 1. The molecule has 142 valence electrons. The summed E-state index contributed by atoms with van der Waals surface area (Å²) >= 11 is 0. The molecule has 2 aromatic rings. The molecule has 1 heterocycles. The van der Waals surface area contributed by atoms with Crippen molar-refractivity contribution in [2.24, 2.45) is 5.73 Å². The number of hydrogen-bond donors (Lipinski definition) is 1. The third-order valence-electron chi connectivity index (χ3n) is 4.65. The van der Waals surface area contributed by atoms with E-state index in [1.807, 2.05) is 13.8 Å². The van der Waals surface area contributed by atoms with Gasteiger partial charge in [-0.25, -0.2) is 4.39 Å². The molecule has 2 rings (SSSR count). The highest BCUT2D eigenvalue weighted by molar-refractivity contribution is 6.02. The molecule has 1 amide bonds. The number of nitrogens with zero attached hydrogens (tertiary/aromatic N) is 1. The Labute approximate surface area is 155 Å². The first-order valence-electron chi connectivity index (χ1n) is 9.36. The highest BCUT2D eigenvalue weighted by atomic mass is 19.1. The number of ether oxygens (including phenoxy) is 1. The second-order valence-corrected chi connectivity index (χ2v) is 6.46. The Bertz CT molecular complexity index is 735. The third-order valence-corrected chi connectivity index (χ3v) is 4.65. The maximum absolute atomic E-state index is 13.4. The maximum Gasteiger partial charge on any atom is 0.251 e. The molecule has 1 aromatic heterocycles. The fourth-order valence-electron chi connectivity index (χ4n) is 3.40. The van der Waals surface area contributed by atoms with Gasteiger partial charge < -0.3 is 15.0 Å². The van der Waals surface area contributed by atoms with Gasteiger partial charge in [-0.1, -0.05) is 25.5 Å². The highest BCUT2D eigenvalue weighted by Gasteiger charge is 2.24. The van der Waals surface area contributed by atoms with Crippen LogP contribution >= 0.6 is 0 Å². The van der Waals surface area contributed by atoms with Gasteiger partial charge in [-0.3, -0.25) is 4.79 Å². The monoisotopic (exact) mass is 360 g/mol. The van der Waals surface area contributed by atoms with Gasteiger partial charge in [0.15, 0.2) is 0 Å². The lowest BCUT2D eigenvalue weighted by molar-refractivity contribution is 0.1000. The summed E-state index contributed by atoms with van der Waals surface area (Å²) in [4.78, 5) is 12.2. The number of rotatable bonds is 10. The molecular formula is C21H29FN2O2. The Hall–Kier alpha value is -2.14. The Morgan fingerprint density at radius 1 is 1.19 bits per heavy atom. The zero-order valence-corrected chi connectivity index (χ0v) is 16.0.